The van der Waals surface area contributed by atoms with Crippen molar-refractivity contribution < 1.29 is 8.78 Å². The molecule has 2 rings (SSSR count). The molecule has 1 aliphatic rings. The van der Waals surface area contributed by atoms with Crippen LogP contribution in [0.1, 0.15) is 30.4 Å². The van der Waals surface area contributed by atoms with Crippen LogP contribution >= 0.6 is 0 Å². The first-order valence-electron chi connectivity index (χ1n) is 4.54. The van der Waals surface area contributed by atoms with E-state index in [4.69, 9.17) is 5.41 Å². The molecule has 1 aromatic rings. The molecule has 0 heterocycles. The van der Waals surface area contributed by atoms with Gasteiger partial charge >= 0.3 is 0 Å². The summed E-state index contributed by atoms with van der Waals surface area (Å²) >= 11 is 0. The van der Waals surface area contributed by atoms with Gasteiger partial charge in [0, 0.05) is 12.1 Å². The number of alkyl halides is 2. The second-order valence-corrected chi connectivity index (χ2v) is 3.73. The van der Waals surface area contributed by atoms with E-state index in [1.54, 1.807) is 31.2 Å². The second kappa shape index (κ2) is 2.87. The Balaban J connectivity index is 2.39. The van der Waals surface area contributed by atoms with Crippen LogP contribution in [0.5, 0.6) is 0 Å². The topological polar surface area (TPSA) is 23.9 Å². The van der Waals surface area contributed by atoms with Crippen molar-refractivity contribution in [1.29, 1.82) is 5.41 Å². The van der Waals surface area contributed by atoms with Crippen LogP contribution in [0.3, 0.4) is 0 Å². The van der Waals surface area contributed by atoms with Crippen molar-refractivity contribution in [2.45, 2.75) is 25.2 Å². The van der Waals surface area contributed by atoms with Crippen LogP contribution in [0.2, 0.25) is 0 Å². The Morgan fingerprint density at radius 1 is 1.43 bits per heavy atom. The third-order valence-corrected chi connectivity index (χ3v) is 2.57. The predicted octanol–water partition coefficient (Wildman–Crippen LogP) is 3.20. The van der Waals surface area contributed by atoms with Gasteiger partial charge in [-0.15, -0.1) is 0 Å². The van der Waals surface area contributed by atoms with Crippen LogP contribution in [-0.2, 0) is 0 Å². The average molecular weight is 195 g/mol. The van der Waals surface area contributed by atoms with E-state index in [-0.39, 0.29) is 6.42 Å². The standard InChI is InChI=1S/C11H11F2N/c1-7(14)8-4-2-3-5-9(8)10-6-11(10,12)13/h2-5,10,14H,6H2,1H3. The van der Waals surface area contributed by atoms with Gasteiger partial charge in [0.1, 0.15) is 0 Å². The van der Waals surface area contributed by atoms with Crippen molar-refractivity contribution in [3.05, 3.63) is 35.4 Å². The zero-order valence-corrected chi connectivity index (χ0v) is 7.85. The molecule has 1 atom stereocenters. The predicted molar refractivity (Wildman–Crippen MR) is 51.2 cm³/mol. The summed E-state index contributed by atoms with van der Waals surface area (Å²) in [7, 11) is 0. The van der Waals surface area contributed by atoms with Gasteiger partial charge in [0.2, 0.25) is 0 Å². The highest BCUT2D eigenvalue weighted by atomic mass is 19.3. The third kappa shape index (κ3) is 1.43. The Hall–Kier alpha value is -1.25. The molecule has 0 radical (unpaired) electrons. The van der Waals surface area contributed by atoms with E-state index in [0.29, 0.717) is 16.8 Å². The summed E-state index contributed by atoms with van der Waals surface area (Å²) in [5.74, 6) is -3.22. The molecule has 1 fully saturated rings. The summed E-state index contributed by atoms with van der Waals surface area (Å²) in [6, 6.07) is 6.94. The fourth-order valence-electron chi connectivity index (χ4n) is 1.69. The van der Waals surface area contributed by atoms with Crippen molar-refractivity contribution in [3.8, 4) is 0 Å². The van der Waals surface area contributed by atoms with Crippen LogP contribution < -0.4 is 0 Å². The van der Waals surface area contributed by atoms with Crippen molar-refractivity contribution in [2.24, 2.45) is 0 Å². The van der Waals surface area contributed by atoms with E-state index in [9.17, 15) is 8.78 Å². The van der Waals surface area contributed by atoms with Crippen molar-refractivity contribution in [3.63, 3.8) is 0 Å². The van der Waals surface area contributed by atoms with Crippen LogP contribution in [0.15, 0.2) is 24.3 Å². The lowest BCUT2D eigenvalue weighted by Gasteiger charge is -2.06. The Morgan fingerprint density at radius 2 is 2.00 bits per heavy atom. The molecule has 0 aliphatic heterocycles. The van der Waals surface area contributed by atoms with E-state index in [0.717, 1.165) is 0 Å². The quantitative estimate of drug-likeness (QED) is 0.701. The van der Waals surface area contributed by atoms with Gasteiger partial charge in [-0.2, -0.15) is 0 Å². The summed E-state index contributed by atoms with van der Waals surface area (Å²) < 4.78 is 25.7. The minimum Gasteiger partial charge on any atom is -0.305 e. The first-order chi connectivity index (χ1) is 6.52. The number of benzene rings is 1. The summed E-state index contributed by atoms with van der Waals surface area (Å²) in [6.07, 6.45) is -0.0721. The van der Waals surface area contributed by atoms with Crippen molar-refractivity contribution in [2.75, 3.05) is 0 Å². The largest absolute Gasteiger partial charge is 0.305 e. The number of halogens is 2. The van der Waals surface area contributed by atoms with Gasteiger partial charge in [-0.3, -0.25) is 0 Å². The van der Waals surface area contributed by atoms with Crippen LogP contribution in [0.25, 0.3) is 0 Å². The summed E-state index contributed by atoms with van der Waals surface area (Å²) in [4.78, 5) is 0. The lowest BCUT2D eigenvalue weighted by Crippen LogP contribution is -2.01. The van der Waals surface area contributed by atoms with E-state index in [1.165, 1.54) is 0 Å². The average Bonchev–Trinajstić information content (AvgIpc) is 2.75. The summed E-state index contributed by atoms with van der Waals surface area (Å²) in [5, 5.41) is 7.48. The second-order valence-electron chi connectivity index (χ2n) is 3.73. The highest BCUT2D eigenvalue weighted by molar-refractivity contribution is 5.97. The number of rotatable bonds is 2. The molecule has 0 amide bonds. The van der Waals surface area contributed by atoms with Gasteiger partial charge in [0.25, 0.3) is 5.92 Å². The van der Waals surface area contributed by atoms with Gasteiger partial charge in [-0.05, 0) is 18.1 Å². The molecular weight excluding hydrogens is 184 g/mol. The molecular formula is C11H11F2N. The summed E-state index contributed by atoms with van der Waals surface area (Å²) in [5.41, 5.74) is 1.61. The molecule has 3 heteroatoms. The minimum absolute atomic E-state index is 0.0721. The molecule has 74 valence electrons. The molecule has 1 nitrogen and oxygen atoms in total. The Labute approximate surface area is 81.3 Å². The van der Waals surface area contributed by atoms with Crippen LogP contribution in [-0.4, -0.2) is 11.6 Å². The van der Waals surface area contributed by atoms with Crippen molar-refractivity contribution in [1.82, 2.24) is 0 Å². The van der Waals surface area contributed by atoms with E-state index >= 15 is 0 Å². The Morgan fingerprint density at radius 3 is 2.50 bits per heavy atom. The smallest absolute Gasteiger partial charge is 0.255 e. The Bertz CT molecular complexity index is 385. The zero-order chi connectivity index (χ0) is 10.3. The fraction of sp³-hybridized carbons (Fsp3) is 0.364. The van der Waals surface area contributed by atoms with E-state index < -0.39 is 11.8 Å². The molecule has 1 unspecified atom stereocenters. The highest BCUT2D eigenvalue weighted by Crippen LogP contribution is 2.56. The lowest BCUT2D eigenvalue weighted by molar-refractivity contribution is 0.112. The highest BCUT2D eigenvalue weighted by Gasteiger charge is 2.58. The SMILES string of the molecule is CC(=N)c1ccccc1C1CC1(F)F. The molecule has 14 heavy (non-hydrogen) atoms. The van der Waals surface area contributed by atoms with Gasteiger partial charge in [-0.1, -0.05) is 24.3 Å². The normalized spacial score (nSPS) is 23.2. The maximum Gasteiger partial charge on any atom is 0.255 e. The minimum atomic E-state index is -2.55. The maximum absolute atomic E-state index is 12.9. The first-order valence-corrected chi connectivity index (χ1v) is 4.54. The van der Waals surface area contributed by atoms with Crippen LogP contribution in [0, 0.1) is 5.41 Å². The van der Waals surface area contributed by atoms with E-state index in [2.05, 4.69) is 0 Å². The van der Waals surface area contributed by atoms with Crippen molar-refractivity contribution >= 4 is 5.71 Å². The van der Waals surface area contributed by atoms with Crippen LogP contribution in [0.4, 0.5) is 8.78 Å². The van der Waals surface area contributed by atoms with E-state index in [1.807, 2.05) is 0 Å². The van der Waals surface area contributed by atoms with Gasteiger partial charge < -0.3 is 5.41 Å². The fourth-order valence-corrected chi connectivity index (χ4v) is 1.69. The van der Waals surface area contributed by atoms with Gasteiger partial charge in [-0.25, -0.2) is 8.78 Å². The molecule has 1 saturated carbocycles. The summed E-state index contributed by atoms with van der Waals surface area (Å²) in [6.45, 7) is 1.62. The molecule has 0 spiro atoms. The third-order valence-electron chi connectivity index (χ3n) is 2.57. The number of hydrogen-bond donors (Lipinski definition) is 1. The Kier molecular flexibility index (Phi) is 1.91. The van der Waals surface area contributed by atoms with Gasteiger partial charge in [0.15, 0.2) is 0 Å². The maximum atomic E-state index is 12.9. The number of hydrogen-bond acceptors (Lipinski definition) is 1. The van der Waals surface area contributed by atoms with Gasteiger partial charge in [0.05, 0.1) is 5.92 Å². The lowest BCUT2D eigenvalue weighted by atomic mass is 10.00. The molecule has 0 bridgehead atoms. The molecule has 0 aromatic heterocycles. The zero-order valence-electron chi connectivity index (χ0n) is 7.85. The number of nitrogens with one attached hydrogen (secondary N) is 1. The molecule has 1 aliphatic carbocycles. The molecule has 0 saturated heterocycles. The monoisotopic (exact) mass is 195 g/mol. The molecule has 1 aromatic carbocycles. The first kappa shape index (κ1) is 9.31. The molecule has 1 N–H and O–H groups in total.